The second-order valence-corrected chi connectivity index (χ2v) is 16.3. The highest BCUT2D eigenvalue weighted by Gasteiger charge is 2.36. The Hall–Kier alpha value is -5.75. The molecule has 1 aliphatic heterocycles. The number of nitrogens with one attached hydrogen (secondary N) is 9. The molecular formula is C42H70N12O11. The van der Waals surface area contributed by atoms with Gasteiger partial charge in [0.15, 0.2) is 0 Å². The predicted octanol–water partition coefficient (Wildman–Crippen LogP) is -5.11. The number of amides is 9. The van der Waals surface area contributed by atoms with Gasteiger partial charge in [0, 0.05) is 19.4 Å². The van der Waals surface area contributed by atoms with Gasteiger partial charge < -0.3 is 75.3 Å². The lowest BCUT2D eigenvalue weighted by molar-refractivity contribution is -0.136. The number of hydrogen-bond acceptors (Lipinski definition) is 14. The van der Waals surface area contributed by atoms with Crippen LogP contribution in [0.4, 0.5) is 0 Å². The summed E-state index contributed by atoms with van der Waals surface area (Å²) in [6, 6.07) is -2.68. The number of aliphatic hydroxyl groups is 2. The lowest BCUT2D eigenvalue weighted by Gasteiger charge is -2.28. The summed E-state index contributed by atoms with van der Waals surface area (Å²) in [6.45, 7) is 5.01. The fourth-order valence-corrected chi connectivity index (χ4v) is 6.77. The molecule has 0 bridgehead atoms. The average Bonchev–Trinajstić information content (AvgIpc) is 3.25. The van der Waals surface area contributed by atoms with Crippen molar-refractivity contribution < 1.29 is 53.4 Å². The first-order valence-corrected chi connectivity index (χ1v) is 22.0. The SMILES string of the molecule is CCCC(=O)N[C@@H](CO)C(=O)N[C@H]1CCNC(=O)[C@H]([C@@H](C)O)NC(=O)[C@H](CCN)NC(=O)[C@H](CCN)NC(=O)[C@H](CC(C)C)NC(=O)[C@@H](Cc2ccccc2)NC(=O)[C@H](CCN)NC1=O. The molecule has 23 nitrogen and oxygen atoms in total. The molecule has 0 spiro atoms. The summed E-state index contributed by atoms with van der Waals surface area (Å²) in [5, 5.41) is 43.3. The largest absolute Gasteiger partial charge is 0.394 e. The van der Waals surface area contributed by atoms with Gasteiger partial charge in [-0.1, -0.05) is 51.1 Å². The molecule has 9 atom stereocenters. The molecule has 1 aromatic carbocycles. The maximum Gasteiger partial charge on any atom is 0.245 e. The highest BCUT2D eigenvalue weighted by atomic mass is 16.3. The van der Waals surface area contributed by atoms with Gasteiger partial charge in [0.25, 0.3) is 0 Å². The van der Waals surface area contributed by atoms with Crippen molar-refractivity contribution in [3.63, 3.8) is 0 Å². The summed E-state index contributed by atoms with van der Waals surface area (Å²) < 4.78 is 0. The topological polar surface area (TPSA) is 380 Å². The molecule has 1 saturated heterocycles. The molecule has 0 unspecified atom stereocenters. The number of rotatable bonds is 17. The minimum absolute atomic E-state index is 0.0413. The van der Waals surface area contributed by atoms with Gasteiger partial charge in [0.2, 0.25) is 53.2 Å². The molecule has 1 aliphatic rings. The second kappa shape index (κ2) is 28.9. The summed E-state index contributed by atoms with van der Waals surface area (Å²) in [5.41, 5.74) is 18.1. The summed E-state index contributed by atoms with van der Waals surface area (Å²) in [6.07, 6.45) is -1.76. The molecule has 1 aromatic rings. The van der Waals surface area contributed by atoms with Gasteiger partial charge in [-0.25, -0.2) is 0 Å². The smallest absolute Gasteiger partial charge is 0.245 e. The maximum absolute atomic E-state index is 14.2. The van der Waals surface area contributed by atoms with Crippen LogP contribution in [-0.2, 0) is 49.6 Å². The lowest BCUT2D eigenvalue weighted by Crippen LogP contribution is -2.61. The molecule has 1 fully saturated rings. The Labute approximate surface area is 379 Å². The van der Waals surface area contributed by atoms with Crippen molar-refractivity contribution >= 4 is 53.2 Å². The molecule has 0 aliphatic carbocycles. The van der Waals surface area contributed by atoms with Crippen molar-refractivity contribution in [1.29, 1.82) is 0 Å². The Morgan fingerprint density at radius 3 is 1.66 bits per heavy atom. The number of benzene rings is 1. The fraction of sp³-hybridized carbons (Fsp3) is 0.643. The zero-order chi connectivity index (χ0) is 48.6. The van der Waals surface area contributed by atoms with Crippen molar-refractivity contribution in [2.45, 2.75) is 134 Å². The van der Waals surface area contributed by atoms with Gasteiger partial charge in [-0.2, -0.15) is 0 Å². The third-order valence-corrected chi connectivity index (χ3v) is 10.3. The van der Waals surface area contributed by atoms with Crippen LogP contribution in [-0.4, -0.2) is 151 Å². The van der Waals surface area contributed by atoms with Crippen molar-refractivity contribution in [3.8, 4) is 0 Å². The molecule has 9 amide bonds. The highest BCUT2D eigenvalue weighted by molar-refractivity contribution is 5.98. The van der Waals surface area contributed by atoms with E-state index in [1.165, 1.54) is 6.92 Å². The number of carbonyl (C=O) groups is 9. The first kappa shape index (κ1) is 55.4. The van der Waals surface area contributed by atoms with Gasteiger partial charge >= 0.3 is 0 Å². The van der Waals surface area contributed by atoms with Crippen molar-refractivity contribution in [2.24, 2.45) is 23.1 Å². The van der Waals surface area contributed by atoms with E-state index in [4.69, 9.17) is 17.2 Å². The molecule has 23 heteroatoms. The molecule has 1 heterocycles. The summed E-state index contributed by atoms with van der Waals surface area (Å²) in [7, 11) is 0. The Morgan fingerprint density at radius 1 is 0.692 bits per heavy atom. The Morgan fingerprint density at radius 2 is 1.17 bits per heavy atom. The van der Waals surface area contributed by atoms with Crippen LogP contribution < -0.4 is 65.1 Å². The van der Waals surface area contributed by atoms with Gasteiger partial charge in [0.05, 0.1) is 12.7 Å². The standard InChI is InChI=1S/C42H70N12O11/c1-5-9-33(57)47-32(22-55)41(64)51-29-15-19-46-42(65)34(24(4)56)54-38(61)28(14-18-45)49-35(58)26(12-16-43)50-39(62)30(20-23(2)3)52-40(63)31(21-25-10-7-6-8-11-25)53-36(59)27(13-17-44)48-37(29)60/h6-8,10-11,23-24,26-32,34,55-56H,5,9,12-22,43-45H2,1-4H3,(H,46,65)(H,47,57)(H,48,60)(H,49,58)(H,50,62)(H,51,64)(H,52,63)(H,53,59)(H,54,61)/t24-,26+,27+,28+,29+,30+,31-,32+,34+/m1/s1. The van der Waals surface area contributed by atoms with Gasteiger partial charge in [0.1, 0.15) is 48.3 Å². The lowest BCUT2D eigenvalue weighted by atomic mass is 10.00. The minimum atomic E-state index is -1.61. The zero-order valence-electron chi connectivity index (χ0n) is 37.7. The quantitative estimate of drug-likeness (QED) is 0.0696. The van der Waals surface area contributed by atoms with E-state index in [1.807, 2.05) is 0 Å². The van der Waals surface area contributed by atoms with Crippen LogP contribution in [0.15, 0.2) is 30.3 Å². The number of aliphatic hydroxyl groups excluding tert-OH is 2. The van der Waals surface area contributed by atoms with Crippen LogP contribution in [0.2, 0.25) is 0 Å². The molecule has 0 saturated carbocycles. The van der Waals surface area contributed by atoms with Crippen LogP contribution in [0.5, 0.6) is 0 Å². The highest BCUT2D eigenvalue weighted by Crippen LogP contribution is 2.11. The van der Waals surface area contributed by atoms with Gasteiger partial charge in [-0.3, -0.25) is 43.2 Å². The Balaban J connectivity index is 2.71. The van der Waals surface area contributed by atoms with E-state index in [0.717, 1.165) is 0 Å². The molecular weight excluding hydrogens is 849 g/mol. The van der Waals surface area contributed by atoms with Crippen molar-refractivity contribution in [3.05, 3.63) is 35.9 Å². The number of hydrogen-bond donors (Lipinski definition) is 14. The maximum atomic E-state index is 14.2. The molecule has 0 radical (unpaired) electrons. The first-order chi connectivity index (χ1) is 30.9. The minimum Gasteiger partial charge on any atom is -0.394 e. The average molecular weight is 919 g/mol. The third kappa shape index (κ3) is 19.1. The molecule has 0 aromatic heterocycles. The van der Waals surface area contributed by atoms with E-state index in [0.29, 0.717) is 12.0 Å². The van der Waals surface area contributed by atoms with Crippen LogP contribution in [0.25, 0.3) is 0 Å². The summed E-state index contributed by atoms with van der Waals surface area (Å²) in [5.74, 6) is -7.74. The van der Waals surface area contributed by atoms with Crippen LogP contribution in [0, 0.1) is 5.92 Å². The summed E-state index contributed by atoms with van der Waals surface area (Å²) in [4.78, 5) is 123. The third-order valence-electron chi connectivity index (χ3n) is 10.3. The van der Waals surface area contributed by atoms with E-state index >= 15 is 0 Å². The van der Waals surface area contributed by atoms with Crippen LogP contribution in [0.3, 0.4) is 0 Å². The zero-order valence-corrected chi connectivity index (χ0v) is 37.7. The predicted molar refractivity (Wildman–Crippen MR) is 237 cm³/mol. The van der Waals surface area contributed by atoms with Gasteiger partial charge in [-0.15, -0.1) is 0 Å². The van der Waals surface area contributed by atoms with Crippen molar-refractivity contribution in [1.82, 2.24) is 47.9 Å². The van der Waals surface area contributed by atoms with Crippen LogP contribution >= 0.6 is 0 Å². The first-order valence-electron chi connectivity index (χ1n) is 22.0. The van der Waals surface area contributed by atoms with Crippen molar-refractivity contribution in [2.75, 3.05) is 32.8 Å². The molecule has 2 rings (SSSR count). The van der Waals surface area contributed by atoms with E-state index in [9.17, 15) is 53.4 Å². The summed E-state index contributed by atoms with van der Waals surface area (Å²) >= 11 is 0. The molecule has 17 N–H and O–H groups in total. The second-order valence-electron chi connectivity index (χ2n) is 16.3. The van der Waals surface area contributed by atoms with E-state index in [2.05, 4.69) is 47.9 Å². The Bertz CT molecular complexity index is 1750. The fourth-order valence-electron chi connectivity index (χ4n) is 6.77. The normalized spacial score (nSPS) is 24.5. The number of nitrogens with two attached hydrogens (primary N) is 3. The van der Waals surface area contributed by atoms with E-state index in [-0.39, 0.29) is 77.0 Å². The van der Waals surface area contributed by atoms with E-state index in [1.54, 1.807) is 51.1 Å². The number of carbonyl (C=O) groups excluding carboxylic acids is 9. The Kier molecular flexibility index (Phi) is 24.6. The van der Waals surface area contributed by atoms with E-state index < -0.39 is 114 Å². The van der Waals surface area contributed by atoms with Gasteiger partial charge in [-0.05, 0) is 76.6 Å². The molecule has 65 heavy (non-hydrogen) atoms. The molecule has 364 valence electrons. The monoisotopic (exact) mass is 919 g/mol. The van der Waals surface area contributed by atoms with Crippen LogP contribution in [0.1, 0.15) is 78.2 Å².